The number of carbonyl (C=O) groups excluding carboxylic acids is 1. The normalized spacial score (nSPS) is 11.7. The summed E-state index contributed by atoms with van der Waals surface area (Å²) in [7, 11) is 1.38. The van der Waals surface area contributed by atoms with Crippen LogP contribution < -0.4 is 4.74 Å². The molecule has 2 aromatic rings. The van der Waals surface area contributed by atoms with E-state index in [2.05, 4.69) is 9.72 Å². The van der Waals surface area contributed by atoms with Crippen molar-refractivity contribution in [3.8, 4) is 5.75 Å². The maximum Gasteiger partial charge on any atom is 0.309 e. The van der Waals surface area contributed by atoms with Crippen molar-refractivity contribution in [1.29, 1.82) is 0 Å². The zero-order valence-electron chi connectivity index (χ0n) is 11.6. The predicted octanol–water partition coefficient (Wildman–Crippen LogP) is 2.94. The molecule has 1 aromatic heterocycles. The van der Waals surface area contributed by atoms with Crippen LogP contribution in [-0.2, 0) is 16.0 Å². The molecule has 0 radical (unpaired) electrons. The molecule has 0 amide bonds. The van der Waals surface area contributed by atoms with Crippen molar-refractivity contribution in [1.82, 2.24) is 4.98 Å². The molecule has 104 valence electrons. The zero-order chi connectivity index (χ0) is 14.4. The van der Waals surface area contributed by atoms with Gasteiger partial charge in [-0.25, -0.2) is 0 Å². The van der Waals surface area contributed by atoms with E-state index in [1.54, 1.807) is 6.20 Å². The molecule has 0 fully saturated rings. The summed E-state index contributed by atoms with van der Waals surface area (Å²) < 4.78 is 10.4. The van der Waals surface area contributed by atoms with E-state index in [-0.39, 0.29) is 18.5 Å². The Labute approximate surface area is 118 Å². The third-order valence-electron chi connectivity index (χ3n) is 2.92. The number of nitrogens with zero attached hydrogens (tertiary/aromatic N) is 1. The van der Waals surface area contributed by atoms with E-state index in [1.165, 1.54) is 7.11 Å². The average molecular weight is 271 g/mol. The van der Waals surface area contributed by atoms with Crippen LogP contribution >= 0.6 is 0 Å². The third kappa shape index (κ3) is 3.82. The fraction of sp³-hybridized carbons (Fsp3) is 0.250. The summed E-state index contributed by atoms with van der Waals surface area (Å²) in [5, 5.41) is 0. The second kappa shape index (κ2) is 6.70. The highest BCUT2D eigenvalue weighted by molar-refractivity contribution is 5.72. The fourth-order valence-electron chi connectivity index (χ4n) is 1.81. The first-order chi connectivity index (χ1) is 9.69. The van der Waals surface area contributed by atoms with Gasteiger partial charge >= 0.3 is 5.97 Å². The molecule has 0 aliphatic rings. The summed E-state index contributed by atoms with van der Waals surface area (Å²) in [5.41, 5.74) is 1.78. The highest BCUT2D eigenvalue weighted by Gasteiger charge is 2.08. The second-order valence-corrected chi connectivity index (χ2v) is 4.41. The minimum Gasteiger partial charge on any atom is -0.484 e. The van der Waals surface area contributed by atoms with Gasteiger partial charge in [-0.15, -0.1) is 0 Å². The Morgan fingerprint density at radius 1 is 1.20 bits per heavy atom. The Bertz CT molecular complexity index is 552. The van der Waals surface area contributed by atoms with E-state index in [0.29, 0.717) is 0 Å². The summed E-state index contributed by atoms with van der Waals surface area (Å²) in [5.74, 6) is 0.497. The van der Waals surface area contributed by atoms with E-state index in [4.69, 9.17) is 4.74 Å². The van der Waals surface area contributed by atoms with Crippen LogP contribution in [0.4, 0.5) is 0 Å². The largest absolute Gasteiger partial charge is 0.484 e. The lowest BCUT2D eigenvalue weighted by molar-refractivity contribution is -0.139. The molecule has 0 spiro atoms. The quantitative estimate of drug-likeness (QED) is 0.784. The van der Waals surface area contributed by atoms with Gasteiger partial charge in [-0.05, 0) is 36.8 Å². The summed E-state index contributed by atoms with van der Waals surface area (Å²) in [4.78, 5) is 15.4. The van der Waals surface area contributed by atoms with Crippen LogP contribution in [0.5, 0.6) is 5.75 Å². The number of hydrogen-bond donors (Lipinski definition) is 0. The Balaban J connectivity index is 1.98. The van der Waals surface area contributed by atoms with Gasteiger partial charge in [0.1, 0.15) is 11.9 Å². The fourth-order valence-corrected chi connectivity index (χ4v) is 1.81. The SMILES string of the molecule is COC(=O)Cc1ccc(OC(C)c2ccccn2)cc1. The first kappa shape index (κ1) is 14.1. The lowest BCUT2D eigenvalue weighted by Crippen LogP contribution is -2.06. The topological polar surface area (TPSA) is 48.4 Å². The van der Waals surface area contributed by atoms with Crippen LogP contribution in [0, 0.1) is 0 Å². The molecule has 0 saturated carbocycles. The van der Waals surface area contributed by atoms with Crippen molar-refractivity contribution in [2.24, 2.45) is 0 Å². The minimum absolute atomic E-state index is 0.123. The van der Waals surface area contributed by atoms with Crippen molar-refractivity contribution in [3.05, 3.63) is 59.9 Å². The van der Waals surface area contributed by atoms with Crippen LogP contribution in [0.15, 0.2) is 48.7 Å². The second-order valence-electron chi connectivity index (χ2n) is 4.41. The molecular weight excluding hydrogens is 254 g/mol. The summed E-state index contributed by atoms with van der Waals surface area (Å²) >= 11 is 0. The highest BCUT2D eigenvalue weighted by atomic mass is 16.5. The van der Waals surface area contributed by atoms with Crippen LogP contribution in [-0.4, -0.2) is 18.1 Å². The van der Waals surface area contributed by atoms with E-state index < -0.39 is 0 Å². The Morgan fingerprint density at radius 2 is 1.95 bits per heavy atom. The highest BCUT2D eigenvalue weighted by Crippen LogP contribution is 2.20. The zero-order valence-corrected chi connectivity index (χ0v) is 11.6. The predicted molar refractivity (Wildman–Crippen MR) is 75.4 cm³/mol. The molecule has 0 saturated heterocycles. The molecule has 1 unspecified atom stereocenters. The van der Waals surface area contributed by atoms with E-state index in [0.717, 1.165) is 17.0 Å². The number of ether oxygens (including phenoxy) is 2. The molecule has 0 bridgehead atoms. The third-order valence-corrected chi connectivity index (χ3v) is 2.92. The smallest absolute Gasteiger partial charge is 0.309 e. The minimum atomic E-state index is -0.250. The van der Waals surface area contributed by atoms with Gasteiger partial charge in [-0.1, -0.05) is 18.2 Å². The van der Waals surface area contributed by atoms with E-state index in [1.807, 2.05) is 49.4 Å². The molecule has 1 heterocycles. The van der Waals surface area contributed by atoms with Crippen molar-refractivity contribution in [2.45, 2.75) is 19.4 Å². The molecule has 20 heavy (non-hydrogen) atoms. The van der Waals surface area contributed by atoms with E-state index in [9.17, 15) is 4.79 Å². The van der Waals surface area contributed by atoms with Crippen molar-refractivity contribution in [2.75, 3.05) is 7.11 Å². The van der Waals surface area contributed by atoms with Crippen molar-refractivity contribution < 1.29 is 14.3 Å². The van der Waals surface area contributed by atoms with Gasteiger partial charge in [0.25, 0.3) is 0 Å². The average Bonchev–Trinajstić information content (AvgIpc) is 2.50. The molecule has 1 atom stereocenters. The summed E-state index contributed by atoms with van der Waals surface area (Å²) in [6.45, 7) is 1.95. The molecule has 4 nitrogen and oxygen atoms in total. The number of carbonyl (C=O) groups is 1. The maximum atomic E-state index is 11.2. The van der Waals surface area contributed by atoms with Gasteiger partial charge in [0, 0.05) is 6.20 Å². The molecule has 1 aromatic carbocycles. The number of hydrogen-bond acceptors (Lipinski definition) is 4. The van der Waals surface area contributed by atoms with Gasteiger partial charge < -0.3 is 9.47 Å². The first-order valence-corrected chi connectivity index (χ1v) is 6.42. The van der Waals surface area contributed by atoms with Crippen molar-refractivity contribution >= 4 is 5.97 Å². The Hall–Kier alpha value is -2.36. The number of aromatic nitrogens is 1. The summed E-state index contributed by atoms with van der Waals surface area (Å²) in [6, 6.07) is 13.1. The molecule has 0 N–H and O–H groups in total. The van der Waals surface area contributed by atoms with Gasteiger partial charge in [0.05, 0.1) is 19.2 Å². The molecule has 0 aliphatic heterocycles. The van der Waals surface area contributed by atoms with Gasteiger partial charge in [-0.3, -0.25) is 9.78 Å². The number of pyridine rings is 1. The van der Waals surface area contributed by atoms with Crippen molar-refractivity contribution in [3.63, 3.8) is 0 Å². The van der Waals surface area contributed by atoms with Crippen LogP contribution in [0.3, 0.4) is 0 Å². The summed E-state index contributed by atoms with van der Waals surface area (Å²) in [6.07, 6.45) is 1.89. The maximum absolute atomic E-state index is 11.2. The Kier molecular flexibility index (Phi) is 4.71. The van der Waals surface area contributed by atoms with Gasteiger partial charge in [0.2, 0.25) is 0 Å². The van der Waals surface area contributed by atoms with Crippen LogP contribution in [0.2, 0.25) is 0 Å². The van der Waals surface area contributed by atoms with Gasteiger partial charge in [-0.2, -0.15) is 0 Å². The lowest BCUT2D eigenvalue weighted by atomic mass is 10.1. The first-order valence-electron chi connectivity index (χ1n) is 6.42. The molecule has 4 heteroatoms. The standard InChI is InChI=1S/C16H17NO3/c1-12(15-5-3-4-10-17-15)20-14-8-6-13(7-9-14)11-16(18)19-2/h3-10,12H,11H2,1-2H3. The molecule has 2 rings (SSSR count). The Morgan fingerprint density at radius 3 is 2.55 bits per heavy atom. The monoisotopic (exact) mass is 271 g/mol. The number of methoxy groups -OCH3 is 1. The number of esters is 1. The lowest BCUT2D eigenvalue weighted by Gasteiger charge is -2.14. The van der Waals surface area contributed by atoms with E-state index >= 15 is 0 Å². The number of benzene rings is 1. The van der Waals surface area contributed by atoms with Crippen LogP contribution in [0.25, 0.3) is 0 Å². The van der Waals surface area contributed by atoms with Crippen LogP contribution in [0.1, 0.15) is 24.3 Å². The molecule has 0 aliphatic carbocycles. The number of rotatable bonds is 5. The molecular formula is C16H17NO3. The van der Waals surface area contributed by atoms with Gasteiger partial charge in [0.15, 0.2) is 0 Å².